The average Bonchev–Trinajstić information content (AvgIpc) is 3.44. The van der Waals surface area contributed by atoms with Crippen LogP contribution in [-0.4, -0.2) is 69.6 Å². The SMILES string of the molecule is CCCN(CCC)Cc1c(C(=O)NN=Cc2ccc(OC)c(OC)c2)nnn1-c1nonc1N. The van der Waals surface area contributed by atoms with Crippen molar-refractivity contribution in [3.63, 3.8) is 0 Å². The first-order valence-corrected chi connectivity index (χ1v) is 10.8. The number of methoxy groups -OCH3 is 2. The monoisotopic (exact) mass is 471 g/mol. The molecule has 0 saturated carbocycles. The average molecular weight is 472 g/mol. The zero-order chi connectivity index (χ0) is 24.5. The highest BCUT2D eigenvalue weighted by molar-refractivity contribution is 5.94. The zero-order valence-corrected chi connectivity index (χ0v) is 19.7. The van der Waals surface area contributed by atoms with E-state index in [1.807, 2.05) is 0 Å². The lowest BCUT2D eigenvalue weighted by Gasteiger charge is -2.21. The van der Waals surface area contributed by atoms with Crippen molar-refractivity contribution in [2.45, 2.75) is 33.2 Å². The molecular weight excluding hydrogens is 442 g/mol. The lowest BCUT2D eigenvalue weighted by atomic mass is 10.2. The summed E-state index contributed by atoms with van der Waals surface area (Å²) in [6.45, 7) is 6.26. The first kappa shape index (κ1) is 24.6. The number of carbonyl (C=O) groups excluding carboxylic acids is 1. The standard InChI is InChI=1S/C21H29N9O4/c1-5-9-29(10-6-2)13-15-18(24-28-30(15)20-19(22)26-34-27-20)21(31)25-23-12-14-7-8-16(32-3)17(11-14)33-4/h7-8,11-12H,5-6,9-10,13H2,1-4H3,(H2,22,26)(H,25,31). The van der Waals surface area contributed by atoms with Gasteiger partial charge >= 0.3 is 0 Å². The van der Waals surface area contributed by atoms with Crippen LogP contribution >= 0.6 is 0 Å². The predicted octanol–water partition coefficient (Wildman–Crippen LogP) is 1.64. The van der Waals surface area contributed by atoms with Gasteiger partial charge in [0.2, 0.25) is 11.6 Å². The number of rotatable bonds is 12. The van der Waals surface area contributed by atoms with Crippen LogP contribution < -0.4 is 20.6 Å². The molecule has 0 spiro atoms. The Morgan fingerprint density at radius 2 is 1.94 bits per heavy atom. The van der Waals surface area contributed by atoms with Crippen LogP contribution in [0.4, 0.5) is 5.82 Å². The van der Waals surface area contributed by atoms with Gasteiger partial charge in [-0.2, -0.15) is 9.78 Å². The minimum absolute atomic E-state index is 0.0436. The number of anilines is 1. The topological polar surface area (TPSA) is 159 Å². The molecular formula is C21H29N9O4. The first-order valence-electron chi connectivity index (χ1n) is 10.8. The van der Waals surface area contributed by atoms with E-state index in [0.29, 0.717) is 29.3 Å². The summed E-state index contributed by atoms with van der Waals surface area (Å²) >= 11 is 0. The van der Waals surface area contributed by atoms with Gasteiger partial charge in [-0.05, 0) is 60.0 Å². The molecule has 0 atom stereocenters. The number of amides is 1. The molecule has 0 bridgehead atoms. The summed E-state index contributed by atoms with van der Waals surface area (Å²) in [5.74, 6) is 0.829. The third-order valence-corrected chi connectivity index (χ3v) is 4.91. The number of ether oxygens (including phenoxy) is 2. The number of nitrogen functional groups attached to an aromatic ring is 1. The molecule has 1 amide bonds. The molecule has 0 fully saturated rings. The Morgan fingerprint density at radius 3 is 2.56 bits per heavy atom. The van der Waals surface area contributed by atoms with E-state index < -0.39 is 5.91 Å². The second kappa shape index (κ2) is 11.7. The molecule has 2 heterocycles. The number of nitrogens with one attached hydrogen (secondary N) is 1. The largest absolute Gasteiger partial charge is 0.493 e. The number of hydrogen-bond acceptors (Lipinski definition) is 11. The Bertz CT molecular complexity index is 1120. The number of benzene rings is 1. The molecule has 3 aromatic rings. The van der Waals surface area contributed by atoms with Gasteiger partial charge in [0.25, 0.3) is 5.91 Å². The summed E-state index contributed by atoms with van der Waals surface area (Å²) < 4.78 is 16.6. The van der Waals surface area contributed by atoms with Gasteiger partial charge in [-0.3, -0.25) is 9.69 Å². The summed E-state index contributed by atoms with van der Waals surface area (Å²) in [7, 11) is 3.10. The normalized spacial score (nSPS) is 11.3. The van der Waals surface area contributed by atoms with Crippen molar-refractivity contribution in [1.82, 2.24) is 35.6 Å². The van der Waals surface area contributed by atoms with Gasteiger partial charge in [-0.1, -0.05) is 19.1 Å². The molecule has 1 aromatic carbocycles. The maximum Gasteiger partial charge on any atom is 0.293 e. The fourth-order valence-corrected chi connectivity index (χ4v) is 3.39. The van der Waals surface area contributed by atoms with Crippen molar-refractivity contribution in [2.24, 2.45) is 5.10 Å². The Hall–Kier alpha value is -4.00. The molecule has 13 nitrogen and oxygen atoms in total. The molecule has 3 rings (SSSR count). The molecule has 13 heteroatoms. The van der Waals surface area contributed by atoms with Crippen LogP contribution in [0.1, 0.15) is 48.4 Å². The molecule has 2 aromatic heterocycles. The minimum Gasteiger partial charge on any atom is -0.493 e. The second-order valence-electron chi connectivity index (χ2n) is 7.36. The van der Waals surface area contributed by atoms with Gasteiger partial charge in [-0.25, -0.2) is 10.1 Å². The summed E-state index contributed by atoms with van der Waals surface area (Å²) in [4.78, 5) is 15.1. The predicted molar refractivity (Wildman–Crippen MR) is 124 cm³/mol. The van der Waals surface area contributed by atoms with Crippen LogP contribution in [0.25, 0.3) is 5.82 Å². The fourth-order valence-electron chi connectivity index (χ4n) is 3.39. The van der Waals surface area contributed by atoms with E-state index in [9.17, 15) is 4.79 Å². The van der Waals surface area contributed by atoms with E-state index in [2.05, 4.69) is 49.9 Å². The van der Waals surface area contributed by atoms with Crippen LogP contribution in [0.3, 0.4) is 0 Å². The molecule has 0 unspecified atom stereocenters. The van der Waals surface area contributed by atoms with Crippen molar-refractivity contribution < 1.29 is 18.9 Å². The summed E-state index contributed by atoms with van der Waals surface area (Å²) in [5, 5.41) is 19.6. The summed E-state index contributed by atoms with van der Waals surface area (Å²) in [6, 6.07) is 5.27. The molecule has 0 aliphatic rings. The van der Waals surface area contributed by atoms with Gasteiger partial charge in [-0.15, -0.1) is 5.10 Å². The molecule has 0 aliphatic heterocycles. The fraction of sp³-hybridized carbons (Fsp3) is 0.429. The molecule has 3 N–H and O–H groups in total. The van der Waals surface area contributed by atoms with Crippen LogP contribution in [0.5, 0.6) is 11.5 Å². The highest BCUT2D eigenvalue weighted by Crippen LogP contribution is 2.26. The van der Waals surface area contributed by atoms with E-state index in [1.54, 1.807) is 32.4 Å². The molecule has 0 radical (unpaired) electrons. The maximum absolute atomic E-state index is 12.9. The Kier molecular flexibility index (Phi) is 8.51. The van der Waals surface area contributed by atoms with Crippen LogP contribution in [-0.2, 0) is 6.54 Å². The number of nitrogens with two attached hydrogens (primary N) is 1. The van der Waals surface area contributed by atoms with Crippen molar-refractivity contribution in [1.29, 1.82) is 0 Å². The maximum atomic E-state index is 12.9. The van der Waals surface area contributed by atoms with E-state index in [0.717, 1.165) is 25.9 Å². The number of nitrogens with zero attached hydrogens (tertiary/aromatic N) is 7. The van der Waals surface area contributed by atoms with Crippen molar-refractivity contribution in [3.05, 3.63) is 35.2 Å². The third kappa shape index (κ3) is 5.67. The van der Waals surface area contributed by atoms with Crippen LogP contribution in [0, 0.1) is 0 Å². The van der Waals surface area contributed by atoms with Gasteiger partial charge in [0.1, 0.15) is 0 Å². The minimum atomic E-state index is -0.527. The molecule has 182 valence electrons. The van der Waals surface area contributed by atoms with E-state index in [-0.39, 0.29) is 17.3 Å². The van der Waals surface area contributed by atoms with Crippen LogP contribution in [0.15, 0.2) is 27.9 Å². The number of aromatic nitrogens is 5. The van der Waals surface area contributed by atoms with Gasteiger partial charge < -0.3 is 15.2 Å². The number of hydrogen-bond donors (Lipinski definition) is 2. The highest BCUT2D eigenvalue weighted by atomic mass is 16.6. The lowest BCUT2D eigenvalue weighted by molar-refractivity contribution is 0.0947. The Labute approximate surface area is 196 Å². The second-order valence-corrected chi connectivity index (χ2v) is 7.36. The molecule has 34 heavy (non-hydrogen) atoms. The van der Waals surface area contributed by atoms with E-state index in [1.165, 1.54) is 10.9 Å². The van der Waals surface area contributed by atoms with Crippen LogP contribution in [0.2, 0.25) is 0 Å². The molecule has 0 saturated heterocycles. The molecule has 0 aliphatic carbocycles. The zero-order valence-electron chi connectivity index (χ0n) is 19.7. The summed E-state index contributed by atoms with van der Waals surface area (Å²) in [5.41, 5.74) is 9.66. The quantitative estimate of drug-likeness (QED) is 0.294. The Morgan fingerprint density at radius 1 is 1.21 bits per heavy atom. The van der Waals surface area contributed by atoms with Gasteiger partial charge in [0.15, 0.2) is 17.2 Å². The number of carbonyl (C=O) groups is 1. The summed E-state index contributed by atoms with van der Waals surface area (Å²) in [6.07, 6.45) is 3.39. The van der Waals surface area contributed by atoms with Crippen molar-refractivity contribution in [3.8, 4) is 17.3 Å². The Balaban J connectivity index is 1.85. The van der Waals surface area contributed by atoms with E-state index >= 15 is 0 Å². The van der Waals surface area contributed by atoms with Gasteiger partial charge in [0.05, 0.1) is 26.1 Å². The third-order valence-electron chi connectivity index (χ3n) is 4.91. The lowest BCUT2D eigenvalue weighted by Crippen LogP contribution is -2.28. The highest BCUT2D eigenvalue weighted by Gasteiger charge is 2.25. The van der Waals surface area contributed by atoms with Gasteiger partial charge in [0, 0.05) is 6.54 Å². The number of hydrazone groups is 1. The van der Waals surface area contributed by atoms with E-state index in [4.69, 9.17) is 19.8 Å². The van der Waals surface area contributed by atoms with Crippen molar-refractivity contribution >= 4 is 17.9 Å². The smallest absolute Gasteiger partial charge is 0.293 e. The van der Waals surface area contributed by atoms with Crippen molar-refractivity contribution in [2.75, 3.05) is 33.0 Å². The first-order chi connectivity index (χ1) is 16.5.